The van der Waals surface area contributed by atoms with Crippen LogP contribution in [0.25, 0.3) is 0 Å². The Bertz CT molecular complexity index is 945. The van der Waals surface area contributed by atoms with Gasteiger partial charge in [0, 0.05) is 5.02 Å². The third-order valence-electron chi connectivity index (χ3n) is 3.80. The molecule has 138 valence electrons. The number of hydrogen-bond donors (Lipinski definition) is 2. The second kappa shape index (κ2) is 8.42. The van der Waals surface area contributed by atoms with Crippen LogP contribution in [0.15, 0.2) is 60.8 Å². The Balaban J connectivity index is 1.72. The molecule has 0 saturated carbocycles. The largest absolute Gasteiger partial charge is 0.496 e. The van der Waals surface area contributed by atoms with Gasteiger partial charge in [0.05, 0.1) is 37.4 Å². The van der Waals surface area contributed by atoms with E-state index in [0.29, 0.717) is 39.3 Å². The molecule has 0 atom stereocenters. The Morgan fingerprint density at radius 1 is 1.00 bits per heavy atom. The summed E-state index contributed by atoms with van der Waals surface area (Å²) in [6.07, 6.45) is 1.56. The molecule has 0 fully saturated rings. The summed E-state index contributed by atoms with van der Waals surface area (Å²) in [5, 5.41) is 6.52. The van der Waals surface area contributed by atoms with Crippen LogP contribution in [0.3, 0.4) is 0 Å². The lowest BCUT2D eigenvalue weighted by Crippen LogP contribution is -2.13. The monoisotopic (exact) mass is 383 g/mol. The van der Waals surface area contributed by atoms with Crippen molar-refractivity contribution in [1.82, 2.24) is 4.98 Å². The summed E-state index contributed by atoms with van der Waals surface area (Å²) >= 11 is 6.03. The molecule has 0 spiro atoms. The number of nitrogens with zero attached hydrogens (tertiary/aromatic N) is 1. The van der Waals surface area contributed by atoms with E-state index in [1.807, 2.05) is 6.07 Å². The standard InChI is InChI=1S/C20H18ClN3O3/c1-26-17-6-4-3-5-15(17)20(25)23-14-8-10-19(22-12-14)24-16-11-13(21)7-9-18(16)27-2/h3-12H,1-2H3,(H,22,24)(H,23,25). The molecule has 0 bridgehead atoms. The number of pyridine rings is 1. The van der Waals surface area contributed by atoms with E-state index in [1.54, 1.807) is 61.8 Å². The Labute approximate surface area is 162 Å². The summed E-state index contributed by atoms with van der Waals surface area (Å²) in [4.78, 5) is 16.7. The van der Waals surface area contributed by atoms with Crippen LogP contribution in [0.5, 0.6) is 11.5 Å². The molecule has 2 N–H and O–H groups in total. The van der Waals surface area contributed by atoms with Gasteiger partial charge < -0.3 is 20.1 Å². The molecule has 2 aromatic carbocycles. The minimum atomic E-state index is -0.272. The maximum absolute atomic E-state index is 12.4. The van der Waals surface area contributed by atoms with Crippen molar-refractivity contribution in [3.63, 3.8) is 0 Å². The number of carbonyl (C=O) groups is 1. The predicted octanol–water partition coefficient (Wildman–Crippen LogP) is 4.75. The van der Waals surface area contributed by atoms with Gasteiger partial charge in [0.15, 0.2) is 0 Å². The summed E-state index contributed by atoms with van der Waals surface area (Å²) in [5.74, 6) is 1.47. The average Bonchev–Trinajstić information content (AvgIpc) is 2.69. The number of amides is 1. The fraction of sp³-hybridized carbons (Fsp3) is 0.100. The van der Waals surface area contributed by atoms with Crippen molar-refractivity contribution in [2.45, 2.75) is 0 Å². The fourth-order valence-corrected chi connectivity index (χ4v) is 2.66. The molecule has 3 rings (SSSR count). The molecule has 0 aliphatic carbocycles. The van der Waals surface area contributed by atoms with Crippen molar-refractivity contribution >= 4 is 34.7 Å². The number of benzene rings is 2. The third kappa shape index (κ3) is 4.48. The highest BCUT2D eigenvalue weighted by Crippen LogP contribution is 2.30. The van der Waals surface area contributed by atoms with Crippen LogP contribution in [-0.2, 0) is 0 Å². The van der Waals surface area contributed by atoms with Crippen molar-refractivity contribution in [1.29, 1.82) is 0 Å². The van der Waals surface area contributed by atoms with Crippen molar-refractivity contribution in [3.8, 4) is 11.5 Å². The second-order valence-corrected chi connectivity index (χ2v) is 5.99. The molecule has 1 aromatic heterocycles. The highest BCUT2D eigenvalue weighted by molar-refractivity contribution is 6.31. The number of hydrogen-bond acceptors (Lipinski definition) is 5. The van der Waals surface area contributed by atoms with Gasteiger partial charge in [0.2, 0.25) is 0 Å². The van der Waals surface area contributed by atoms with Crippen molar-refractivity contribution in [3.05, 3.63) is 71.4 Å². The van der Waals surface area contributed by atoms with Gasteiger partial charge in [-0.2, -0.15) is 0 Å². The number of nitrogens with one attached hydrogen (secondary N) is 2. The van der Waals surface area contributed by atoms with E-state index < -0.39 is 0 Å². The summed E-state index contributed by atoms with van der Waals surface area (Å²) < 4.78 is 10.5. The van der Waals surface area contributed by atoms with Crippen LogP contribution < -0.4 is 20.1 Å². The zero-order valence-corrected chi connectivity index (χ0v) is 15.6. The number of anilines is 3. The van der Waals surface area contributed by atoms with E-state index in [2.05, 4.69) is 15.6 Å². The first kappa shape index (κ1) is 18.5. The first-order valence-corrected chi connectivity index (χ1v) is 8.49. The number of halogens is 1. The number of ether oxygens (including phenoxy) is 2. The van der Waals surface area contributed by atoms with Gasteiger partial charge in [-0.1, -0.05) is 23.7 Å². The van der Waals surface area contributed by atoms with Crippen LogP contribution in [0.4, 0.5) is 17.2 Å². The fourth-order valence-electron chi connectivity index (χ4n) is 2.49. The molecular weight excluding hydrogens is 366 g/mol. The maximum atomic E-state index is 12.4. The molecule has 0 radical (unpaired) electrons. The number of para-hydroxylation sites is 1. The van der Waals surface area contributed by atoms with Gasteiger partial charge in [0.25, 0.3) is 5.91 Å². The molecule has 0 aliphatic rings. The van der Waals surface area contributed by atoms with Crippen LogP contribution >= 0.6 is 11.6 Å². The molecule has 0 saturated heterocycles. The molecule has 1 amide bonds. The van der Waals surface area contributed by atoms with Crippen LogP contribution in [-0.4, -0.2) is 25.1 Å². The van der Waals surface area contributed by atoms with Crippen molar-refractivity contribution in [2.75, 3.05) is 24.9 Å². The molecule has 6 nitrogen and oxygen atoms in total. The number of carbonyl (C=O) groups excluding carboxylic acids is 1. The molecule has 0 aliphatic heterocycles. The van der Waals surface area contributed by atoms with Gasteiger partial charge in [0.1, 0.15) is 17.3 Å². The molecule has 1 heterocycles. The molecule has 7 heteroatoms. The molecule has 3 aromatic rings. The topological polar surface area (TPSA) is 72.5 Å². The summed E-state index contributed by atoms with van der Waals surface area (Å²) in [7, 11) is 3.11. The van der Waals surface area contributed by atoms with Crippen molar-refractivity contribution in [2.24, 2.45) is 0 Å². The van der Waals surface area contributed by atoms with E-state index in [-0.39, 0.29) is 5.91 Å². The van der Waals surface area contributed by atoms with Crippen LogP contribution in [0.2, 0.25) is 5.02 Å². The third-order valence-corrected chi connectivity index (χ3v) is 4.03. The SMILES string of the molecule is COc1ccc(Cl)cc1Nc1ccc(NC(=O)c2ccccc2OC)cn1. The minimum Gasteiger partial charge on any atom is -0.496 e. The second-order valence-electron chi connectivity index (χ2n) is 5.56. The van der Waals surface area contributed by atoms with Gasteiger partial charge in [-0.25, -0.2) is 4.98 Å². The number of methoxy groups -OCH3 is 2. The van der Waals surface area contributed by atoms with Gasteiger partial charge >= 0.3 is 0 Å². The number of rotatable bonds is 6. The number of aromatic nitrogens is 1. The lowest BCUT2D eigenvalue weighted by atomic mass is 10.2. The maximum Gasteiger partial charge on any atom is 0.259 e. The zero-order chi connectivity index (χ0) is 19.2. The quantitative estimate of drug-likeness (QED) is 0.642. The highest BCUT2D eigenvalue weighted by atomic mass is 35.5. The minimum absolute atomic E-state index is 0.272. The van der Waals surface area contributed by atoms with E-state index in [4.69, 9.17) is 21.1 Å². The van der Waals surface area contributed by atoms with E-state index in [1.165, 1.54) is 7.11 Å². The zero-order valence-electron chi connectivity index (χ0n) is 14.8. The van der Waals surface area contributed by atoms with E-state index in [0.717, 1.165) is 0 Å². The summed E-state index contributed by atoms with van der Waals surface area (Å²) in [6.45, 7) is 0. The normalized spacial score (nSPS) is 10.2. The lowest BCUT2D eigenvalue weighted by Gasteiger charge is -2.12. The Kier molecular flexibility index (Phi) is 5.78. The van der Waals surface area contributed by atoms with Crippen LogP contribution in [0, 0.1) is 0 Å². The van der Waals surface area contributed by atoms with Gasteiger partial charge in [-0.05, 0) is 42.5 Å². The lowest BCUT2D eigenvalue weighted by molar-refractivity contribution is 0.102. The first-order valence-electron chi connectivity index (χ1n) is 8.11. The molecule has 27 heavy (non-hydrogen) atoms. The Morgan fingerprint density at radius 3 is 2.48 bits per heavy atom. The van der Waals surface area contributed by atoms with Crippen LogP contribution in [0.1, 0.15) is 10.4 Å². The first-order chi connectivity index (χ1) is 13.1. The summed E-state index contributed by atoms with van der Waals surface area (Å²) in [6, 6.07) is 15.8. The smallest absolute Gasteiger partial charge is 0.259 e. The molecular formula is C20H18ClN3O3. The van der Waals surface area contributed by atoms with E-state index in [9.17, 15) is 4.79 Å². The van der Waals surface area contributed by atoms with Gasteiger partial charge in [-0.15, -0.1) is 0 Å². The molecule has 0 unspecified atom stereocenters. The van der Waals surface area contributed by atoms with Gasteiger partial charge in [-0.3, -0.25) is 4.79 Å². The Hall–Kier alpha value is -3.25. The van der Waals surface area contributed by atoms with Crippen molar-refractivity contribution < 1.29 is 14.3 Å². The van der Waals surface area contributed by atoms with E-state index >= 15 is 0 Å². The summed E-state index contributed by atoms with van der Waals surface area (Å²) in [5.41, 5.74) is 1.71. The predicted molar refractivity (Wildman–Crippen MR) is 106 cm³/mol. The average molecular weight is 384 g/mol. The Morgan fingerprint density at radius 2 is 1.78 bits per heavy atom. The highest BCUT2D eigenvalue weighted by Gasteiger charge is 2.12.